The summed E-state index contributed by atoms with van der Waals surface area (Å²) in [6, 6.07) is 2.24. The van der Waals surface area contributed by atoms with E-state index in [9.17, 15) is 13.6 Å². The van der Waals surface area contributed by atoms with Gasteiger partial charge in [-0.1, -0.05) is 0 Å². The maximum Gasteiger partial charge on any atom is 0.256 e. The van der Waals surface area contributed by atoms with Crippen molar-refractivity contribution in [2.45, 2.75) is 19.9 Å². The Labute approximate surface area is 105 Å². The van der Waals surface area contributed by atoms with E-state index in [0.29, 0.717) is 19.6 Å². The second-order valence-electron chi connectivity index (χ2n) is 4.69. The monoisotopic (exact) mass is 254 g/mol. The minimum atomic E-state index is -0.797. The smallest absolute Gasteiger partial charge is 0.256 e. The van der Waals surface area contributed by atoms with Crippen LogP contribution in [0.2, 0.25) is 0 Å². The molecule has 0 bridgehead atoms. The number of carbonyl (C=O) groups is 1. The molecule has 1 N–H and O–H groups in total. The summed E-state index contributed by atoms with van der Waals surface area (Å²) in [5.41, 5.74) is 0.228. The molecule has 1 aliphatic heterocycles. The molecule has 3 nitrogen and oxygen atoms in total. The molecule has 0 unspecified atom stereocenters. The maximum absolute atomic E-state index is 13.6. The molecule has 0 aliphatic carbocycles. The van der Waals surface area contributed by atoms with Crippen LogP contribution in [0.3, 0.4) is 0 Å². The zero-order valence-corrected chi connectivity index (χ0v) is 10.5. The van der Waals surface area contributed by atoms with Crippen LogP contribution in [0, 0.1) is 18.6 Å². The number of carbonyl (C=O) groups excluding carboxylic acids is 1. The van der Waals surface area contributed by atoms with Crippen molar-refractivity contribution in [3.63, 3.8) is 0 Å². The molecule has 1 aromatic rings. The average molecular weight is 254 g/mol. The Balaban J connectivity index is 2.25. The summed E-state index contributed by atoms with van der Waals surface area (Å²) >= 11 is 0. The van der Waals surface area contributed by atoms with E-state index in [1.807, 2.05) is 6.92 Å². The molecule has 0 radical (unpaired) electrons. The van der Waals surface area contributed by atoms with Gasteiger partial charge in [0.25, 0.3) is 5.91 Å². The van der Waals surface area contributed by atoms with Crippen molar-refractivity contribution < 1.29 is 13.6 Å². The van der Waals surface area contributed by atoms with E-state index in [2.05, 4.69) is 5.32 Å². The van der Waals surface area contributed by atoms with Gasteiger partial charge in [-0.25, -0.2) is 8.78 Å². The topological polar surface area (TPSA) is 32.3 Å². The number of amides is 1. The third-order valence-electron chi connectivity index (χ3n) is 3.13. The fourth-order valence-corrected chi connectivity index (χ4v) is 2.11. The molecular weight excluding hydrogens is 238 g/mol. The Bertz CT molecular complexity index is 476. The minimum absolute atomic E-state index is 0.0528. The first kappa shape index (κ1) is 13.0. The van der Waals surface area contributed by atoms with Gasteiger partial charge in [0, 0.05) is 31.7 Å². The van der Waals surface area contributed by atoms with Gasteiger partial charge >= 0.3 is 0 Å². The fourth-order valence-electron chi connectivity index (χ4n) is 2.11. The predicted octanol–water partition coefficient (Wildman–Crippen LogP) is 1.71. The Morgan fingerprint density at radius 3 is 2.78 bits per heavy atom. The lowest BCUT2D eigenvalue weighted by Gasteiger charge is -2.32. The second kappa shape index (κ2) is 5.02. The summed E-state index contributed by atoms with van der Waals surface area (Å²) in [4.78, 5) is 13.8. The van der Waals surface area contributed by atoms with E-state index < -0.39 is 11.6 Å². The lowest BCUT2D eigenvalue weighted by atomic mass is 10.1. The molecule has 0 aromatic heterocycles. The van der Waals surface area contributed by atoms with Crippen LogP contribution < -0.4 is 5.32 Å². The molecule has 1 heterocycles. The Kier molecular flexibility index (Phi) is 3.61. The summed E-state index contributed by atoms with van der Waals surface area (Å²) in [5, 5.41) is 3.21. The van der Waals surface area contributed by atoms with E-state index in [1.165, 1.54) is 13.0 Å². The number of benzene rings is 1. The molecule has 1 aromatic carbocycles. The fraction of sp³-hybridized carbons (Fsp3) is 0.462. The summed E-state index contributed by atoms with van der Waals surface area (Å²) in [6.45, 7) is 5.25. The molecule has 1 amide bonds. The second-order valence-corrected chi connectivity index (χ2v) is 4.69. The third kappa shape index (κ3) is 2.51. The summed E-state index contributed by atoms with van der Waals surface area (Å²) < 4.78 is 26.8. The number of halogens is 2. The maximum atomic E-state index is 13.6. The van der Waals surface area contributed by atoms with Gasteiger partial charge < -0.3 is 10.2 Å². The molecule has 98 valence electrons. The van der Waals surface area contributed by atoms with Crippen LogP contribution in [-0.4, -0.2) is 36.5 Å². The molecule has 1 aliphatic rings. The summed E-state index contributed by atoms with van der Waals surface area (Å²) in [7, 11) is 0. The van der Waals surface area contributed by atoms with Gasteiger partial charge in [-0.15, -0.1) is 0 Å². The van der Waals surface area contributed by atoms with Crippen molar-refractivity contribution in [1.82, 2.24) is 10.2 Å². The third-order valence-corrected chi connectivity index (χ3v) is 3.13. The van der Waals surface area contributed by atoms with Gasteiger partial charge in [-0.05, 0) is 25.5 Å². The zero-order chi connectivity index (χ0) is 13.3. The number of nitrogens with one attached hydrogen (secondary N) is 1. The standard InChI is InChI=1S/C13H16F2N2O/c1-8-5-10(12(15)6-11(8)14)13(18)17-4-3-16-9(2)7-17/h5-6,9,16H,3-4,7H2,1-2H3/t9-/m1/s1. The van der Waals surface area contributed by atoms with Crippen molar-refractivity contribution in [1.29, 1.82) is 0 Å². The van der Waals surface area contributed by atoms with E-state index in [0.717, 1.165) is 6.07 Å². The number of piperazine rings is 1. The summed E-state index contributed by atoms with van der Waals surface area (Å²) in [5.74, 6) is -1.80. The molecule has 18 heavy (non-hydrogen) atoms. The van der Waals surface area contributed by atoms with Gasteiger partial charge in [-0.3, -0.25) is 4.79 Å². The lowest BCUT2D eigenvalue weighted by molar-refractivity contribution is 0.0704. The predicted molar refractivity (Wildman–Crippen MR) is 64.5 cm³/mol. The van der Waals surface area contributed by atoms with Crippen LogP contribution in [0.15, 0.2) is 12.1 Å². The Hall–Kier alpha value is -1.49. The van der Waals surface area contributed by atoms with E-state index in [1.54, 1.807) is 4.90 Å². The molecule has 1 atom stereocenters. The van der Waals surface area contributed by atoms with Crippen LogP contribution in [0.25, 0.3) is 0 Å². The zero-order valence-electron chi connectivity index (χ0n) is 10.5. The molecule has 2 rings (SSSR count). The quantitative estimate of drug-likeness (QED) is 0.827. The number of nitrogens with zero attached hydrogens (tertiary/aromatic N) is 1. The number of hydrogen-bond acceptors (Lipinski definition) is 2. The Morgan fingerprint density at radius 2 is 2.11 bits per heavy atom. The first-order valence-corrected chi connectivity index (χ1v) is 5.97. The van der Waals surface area contributed by atoms with E-state index in [-0.39, 0.29) is 23.1 Å². The highest BCUT2D eigenvalue weighted by atomic mass is 19.1. The van der Waals surface area contributed by atoms with Crippen molar-refractivity contribution in [3.8, 4) is 0 Å². The van der Waals surface area contributed by atoms with Gasteiger partial charge in [0.15, 0.2) is 0 Å². The Morgan fingerprint density at radius 1 is 1.39 bits per heavy atom. The van der Waals surface area contributed by atoms with E-state index >= 15 is 0 Å². The first-order chi connectivity index (χ1) is 8.49. The van der Waals surface area contributed by atoms with Crippen molar-refractivity contribution in [2.24, 2.45) is 0 Å². The highest BCUT2D eigenvalue weighted by Crippen LogP contribution is 2.17. The number of hydrogen-bond donors (Lipinski definition) is 1. The van der Waals surface area contributed by atoms with Crippen LogP contribution in [0.1, 0.15) is 22.8 Å². The van der Waals surface area contributed by atoms with Crippen molar-refractivity contribution >= 4 is 5.91 Å². The van der Waals surface area contributed by atoms with Crippen LogP contribution in [0.5, 0.6) is 0 Å². The molecule has 0 saturated carbocycles. The molecule has 0 spiro atoms. The van der Waals surface area contributed by atoms with Gasteiger partial charge in [0.05, 0.1) is 5.56 Å². The van der Waals surface area contributed by atoms with Crippen LogP contribution >= 0.6 is 0 Å². The molecular formula is C13H16F2N2O. The molecule has 5 heteroatoms. The lowest BCUT2D eigenvalue weighted by Crippen LogP contribution is -2.51. The summed E-state index contributed by atoms with van der Waals surface area (Å²) in [6.07, 6.45) is 0. The average Bonchev–Trinajstić information content (AvgIpc) is 2.33. The largest absolute Gasteiger partial charge is 0.336 e. The van der Waals surface area contributed by atoms with E-state index in [4.69, 9.17) is 0 Å². The number of aryl methyl sites for hydroxylation is 1. The minimum Gasteiger partial charge on any atom is -0.336 e. The highest BCUT2D eigenvalue weighted by molar-refractivity contribution is 5.94. The molecule has 1 saturated heterocycles. The van der Waals surface area contributed by atoms with Crippen LogP contribution in [0.4, 0.5) is 8.78 Å². The van der Waals surface area contributed by atoms with Crippen LogP contribution in [-0.2, 0) is 0 Å². The first-order valence-electron chi connectivity index (χ1n) is 5.97. The van der Waals surface area contributed by atoms with Gasteiger partial charge in [0.2, 0.25) is 0 Å². The SMILES string of the molecule is Cc1cc(C(=O)N2CCN[C@H](C)C2)c(F)cc1F. The van der Waals surface area contributed by atoms with Gasteiger partial charge in [0.1, 0.15) is 11.6 Å². The van der Waals surface area contributed by atoms with Crippen molar-refractivity contribution in [2.75, 3.05) is 19.6 Å². The van der Waals surface area contributed by atoms with Crippen molar-refractivity contribution in [3.05, 3.63) is 34.9 Å². The number of rotatable bonds is 1. The normalized spacial score (nSPS) is 20.0. The molecule has 1 fully saturated rings. The highest BCUT2D eigenvalue weighted by Gasteiger charge is 2.24. The van der Waals surface area contributed by atoms with Gasteiger partial charge in [-0.2, -0.15) is 0 Å².